The maximum atomic E-state index is 12.5. The normalized spacial score (nSPS) is 15.7. The Labute approximate surface area is 150 Å². The van der Waals surface area contributed by atoms with Crippen LogP contribution in [0.15, 0.2) is 53.4 Å². The van der Waals surface area contributed by atoms with E-state index in [0.717, 1.165) is 16.1 Å². The van der Waals surface area contributed by atoms with Crippen LogP contribution in [0, 0.1) is 11.3 Å². The van der Waals surface area contributed by atoms with Gasteiger partial charge in [-0.15, -0.1) is 11.8 Å². The number of carbonyl (C=O) groups is 2. The molecule has 6 heteroatoms. The highest BCUT2D eigenvalue weighted by atomic mass is 32.2. The molecule has 1 aliphatic rings. The molecule has 0 bridgehead atoms. The Morgan fingerprint density at radius 3 is 2.68 bits per heavy atom. The molecule has 1 heterocycles. The van der Waals surface area contributed by atoms with Crippen molar-refractivity contribution in [2.24, 2.45) is 0 Å². The van der Waals surface area contributed by atoms with E-state index in [1.807, 2.05) is 36.4 Å². The molecule has 2 aromatic rings. The summed E-state index contributed by atoms with van der Waals surface area (Å²) in [6, 6.07) is 16.8. The highest BCUT2D eigenvalue weighted by molar-refractivity contribution is 8.01. The van der Waals surface area contributed by atoms with E-state index in [9.17, 15) is 9.59 Å². The highest BCUT2D eigenvalue weighted by Crippen LogP contribution is 2.36. The van der Waals surface area contributed by atoms with Crippen molar-refractivity contribution in [2.45, 2.75) is 23.1 Å². The van der Waals surface area contributed by atoms with Gasteiger partial charge in [-0.3, -0.25) is 9.59 Å². The second-order valence-corrected chi connectivity index (χ2v) is 7.10. The molecule has 0 aromatic heterocycles. The summed E-state index contributed by atoms with van der Waals surface area (Å²) in [7, 11) is 1.72. The van der Waals surface area contributed by atoms with E-state index in [0.29, 0.717) is 12.1 Å². The molecular weight excluding hydrogens is 334 g/mol. The molecule has 1 unspecified atom stereocenters. The van der Waals surface area contributed by atoms with Crippen molar-refractivity contribution in [3.8, 4) is 6.07 Å². The Balaban J connectivity index is 1.61. The van der Waals surface area contributed by atoms with E-state index in [2.05, 4.69) is 11.4 Å². The Morgan fingerprint density at radius 2 is 1.96 bits per heavy atom. The number of nitrogens with one attached hydrogen (secondary N) is 1. The third kappa shape index (κ3) is 4.01. The van der Waals surface area contributed by atoms with Gasteiger partial charge in [0.15, 0.2) is 0 Å². The lowest BCUT2D eigenvalue weighted by Gasteiger charge is -2.25. The Bertz CT molecular complexity index is 842. The zero-order chi connectivity index (χ0) is 17.8. The molecule has 5 nitrogen and oxygen atoms in total. The molecule has 0 saturated heterocycles. The minimum Gasteiger partial charge on any atom is -0.341 e. The fraction of sp³-hybridized carbons (Fsp3) is 0.211. The van der Waals surface area contributed by atoms with Crippen molar-refractivity contribution < 1.29 is 9.59 Å². The van der Waals surface area contributed by atoms with Crippen molar-refractivity contribution in [3.63, 3.8) is 0 Å². The fourth-order valence-electron chi connectivity index (χ4n) is 2.59. The molecule has 1 N–H and O–H groups in total. The van der Waals surface area contributed by atoms with Gasteiger partial charge in [0, 0.05) is 24.9 Å². The summed E-state index contributed by atoms with van der Waals surface area (Å²) in [5.41, 5.74) is 2.33. The number of hydrogen-bond donors (Lipinski definition) is 1. The molecular formula is C19H17N3O2S. The summed E-state index contributed by atoms with van der Waals surface area (Å²) < 4.78 is 0. The zero-order valence-electron chi connectivity index (χ0n) is 13.7. The first-order valence-corrected chi connectivity index (χ1v) is 8.74. The lowest BCUT2D eigenvalue weighted by Crippen LogP contribution is -2.35. The van der Waals surface area contributed by atoms with Crippen LogP contribution < -0.4 is 5.32 Å². The van der Waals surface area contributed by atoms with E-state index >= 15 is 0 Å². The number of nitrogens with zero attached hydrogens (tertiary/aromatic N) is 2. The van der Waals surface area contributed by atoms with Crippen LogP contribution in [0.2, 0.25) is 0 Å². The quantitative estimate of drug-likeness (QED) is 0.919. The van der Waals surface area contributed by atoms with Gasteiger partial charge in [0.2, 0.25) is 11.8 Å². The van der Waals surface area contributed by atoms with E-state index < -0.39 is 5.25 Å². The number of carbonyl (C=O) groups excluding carboxylic acids is 2. The average Bonchev–Trinajstić information content (AvgIpc) is 2.63. The minimum atomic E-state index is -0.425. The molecule has 25 heavy (non-hydrogen) atoms. The van der Waals surface area contributed by atoms with Crippen molar-refractivity contribution in [1.29, 1.82) is 5.26 Å². The number of benzene rings is 2. The molecule has 1 aliphatic heterocycles. The van der Waals surface area contributed by atoms with Gasteiger partial charge in [0.05, 0.1) is 22.6 Å². The van der Waals surface area contributed by atoms with Crippen molar-refractivity contribution in [2.75, 3.05) is 12.4 Å². The average molecular weight is 351 g/mol. The van der Waals surface area contributed by atoms with Crippen molar-refractivity contribution in [3.05, 3.63) is 59.7 Å². The van der Waals surface area contributed by atoms with Gasteiger partial charge in [0.1, 0.15) is 0 Å². The first-order chi connectivity index (χ1) is 12.1. The van der Waals surface area contributed by atoms with E-state index in [-0.39, 0.29) is 18.2 Å². The van der Waals surface area contributed by atoms with Crippen LogP contribution >= 0.6 is 11.8 Å². The molecule has 1 atom stereocenters. The monoisotopic (exact) mass is 351 g/mol. The van der Waals surface area contributed by atoms with Gasteiger partial charge < -0.3 is 10.2 Å². The first kappa shape index (κ1) is 17.1. The number of thioether (sulfide) groups is 1. The minimum absolute atomic E-state index is 0.0867. The van der Waals surface area contributed by atoms with Crippen LogP contribution in [-0.4, -0.2) is 29.0 Å². The number of fused-ring (bicyclic) bond motifs is 1. The van der Waals surface area contributed by atoms with Crippen LogP contribution in [0.25, 0.3) is 0 Å². The molecule has 126 valence electrons. The Morgan fingerprint density at radius 1 is 1.24 bits per heavy atom. The summed E-state index contributed by atoms with van der Waals surface area (Å²) in [4.78, 5) is 27.3. The molecule has 2 aromatic carbocycles. The fourth-order valence-corrected chi connectivity index (χ4v) is 3.69. The van der Waals surface area contributed by atoms with Gasteiger partial charge in [-0.25, -0.2) is 0 Å². The summed E-state index contributed by atoms with van der Waals surface area (Å²) >= 11 is 1.43. The van der Waals surface area contributed by atoms with Crippen LogP contribution in [0.1, 0.15) is 17.5 Å². The maximum Gasteiger partial charge on any atom is 0.238 e. The predicted octanol–water partition coefficient (Wildman–Crippen LogP) is 3.02. The van der Waals surface area contributed by atoms with Crippen LogP contribution in [-0.2, 0) is 16.1 Å². The van der Waals surface area contributed by atoms with Gasteiger partial charge in [-0.1, -0.05) is 24.3 Å². The van der Waals surface area contributed by atoms with Gasteiger partial charge in [-0.2, -0.15) is 5.26 Å². The molecule has 0 aliphatic carbocycles. The number of anilines is 1. The summed E-state index contributed by atoms with van der Waals surface area (Å²) in [6.45, 7) is 0.445. The van der Waals surface area contributed by atoms with E-state index in [4.69, 9.17) is 5.26 Å². The summed E-state index contributed by atoms with van der Waals surface area (Å²) in [5.74, 6) is -0.222. The maximum absolute atomic E-state index is 12.5. The van der Waals surface area contributed by atoms with E-state index in [1.54, 1.807) is 24.1 Å². The molecule has 2 amide bonds. The van der Waals surface area contributed by atoms with Crippen molar-refractivity contribution in [1.82, 2.24) is 4.90 Å². The van der Waals surface area contributed by atoms with Gasteiger partial charge in [-0.05, 0) is 29.8 Å². The number of nitriles is 1. The Hall–Kier alpha value is -2.78. The number of hydrogen-bond acceptors (Lipinski definition) is 4. The smallest absolute Gasteiger partial charge is 0.238 e. The lowest BCUT2D eigenvalue weighted by atomic mass is 10.1. The second kappa shape index (κ2) is 7.41. The number of rotatable bonds is 4. The lowest BCUT2D eigenvalue weighted by molar-refractivity contribution is -0.131. The third-order valence-corrected chi connectivity index (χ3v) is 5.27. The predicted molar refractivity (Wildman–Crippen MR) is 97.0 cm³/mol. The first-order valence-electron chi connectivity index (χ1n) is 7.86. The number of amides is 2. The Kier molecular flexibility index (Phi) is 5.05. The standard InChI is InChI=1S/C19H17N3O2S/c1-22(12-14-8-6-13(11-20)7-9-14)18(23)10-17-19(24)21-15-4-2-3-5-16(15)25-17/h2-9,17H,10,12H2,1H3,(H,21,24). The SMILES string of the molecule is CN(Cc1ccc(C#N)cc1)C(=O)CC1Sc2ccccc2NC1=O. The summed E-state index contributed by atoms with van der Waals surface area (Å²) in [6.07, 6.45) is 0.150. The van der Waals surface area contributed by atoms with Crippen LogP contribution in [0.4, 0.5) is 5.69 Å². The molecule has 0 radical (unpaired) electrons. The van der Waals surface area contributed by atoms with Crippen molar-refractivity contribution >= 4 is 29.3 Å². The third-order valence-electron chi connectivity index (χ3n) is 4.00. The number of para-hydroxylation sites is 1. The van der Waals surface area contributed by atoms with Crippen LogP contribution in [0.5, 0.6) is 0 Å². The molecule has 0 spiro atoms. The second-order valence-electron chi connectivity index (χ2n) is 5.85. The molecule has 0 fully saturated rings. The summed E-state index contributed by atoms with van der Waals surface area (Å²) in [5, 5.41) is 11.3. The topological polar surface area (TPSA) is 73.2 Å². The molecule has 3 rings (SSSR count). The van der Waals surface area contributed by atoms with E-state index in [1.165, 1.54) is 11.8 Å². The van der Waals surface area contributed by atoms with Gasteiger partial charge in [0.25, 0.3) is 0 Å². The van der Waals surface area contributed by atoms with Gasteiger partial charge >= 0.3 is 0 Å². The largest absolute Gasteiger partial charge is 0.341 e. The zero-order valence-corrected chi connectivity index (χ0v) is 14.5. The molecule has 0 saturated carbocycles. The highest BCUT2D eigenvalue weighted by Gasteiger charge is 2.29. The van der Waals surface area contributed by atoms with Crippen LogP contribution in [0.3, 0.4) is 0 Å².